The minimum atomic E-state index is 0.0681. The second-order valence-corrected chi connectivity index (χ2v) is 4.66. The van der Waals surface area contributed by atoms with Gasteiger partial charge in [-0.15, -0.1) is 0 Å². The summed E-state index contributed by atoms with van der Waals surface area (Å²) in [6, 6.07) is 0.908. The van der Waals surface area contributed by atoms with Crippen molar-refractivity contribution in [1.82, 2.24) is 14.5 Å². The summed E-state index contributed by atoms with van der Waals surface area (Å²) in [4.78, 5) is 6.72. The van der Waals surface area contributed by atoms with E-state index in [-0.39, 0.29) is 6.04 Å². The van der Waals surface area contributed by atoms with Gasteiger partial charge < -0.3 is 10.3 Å². The molecule has 1 unspecified atom stereocenters. The zero-order valence-electron chi connectivity index (χ0n) is 10.3. The monoisotopic (exact) mass is 222 g/mol. The van der Waals surface area contributed by atoms with Gasteiger partial charge in [-0.2, -0.15) is 0 Å². The summed E-state index contributed by atoms with van der Waals surface area (Å²) < 4.78 is 2.18. The Bertz CT molecular complexity index is 328. The van der Waals surface area contributed by atoms with Crippen LogP contribution in [0.15, 0.2) is 12.5 Å². The van der Waals surface area contributed by atoms with Crippen LogP contribution in [-0.2, 0) is 6.54 Å². The number of rotatable bonds is 6. The van der Waals surface area contributed by atoms with E-state index < -0.39 is 0 Å². The molecule has 0 saturated heterocycles. The van der Waals surface area contributed by atoms with Crippen molar-refractivity contribution in [2.75, 3.05) is 13.1 Å². The van der Waals surface area contributed by atoms with Crippen molar-refractivity contribution in [1.29, 1.82) is 0 Å². The number of hydrogen-bond acceptors (Lipinski definition) is 3. The van der Waals surface area contributed by atoms with Gasteiger partial charge in [0, 0.05) is 31.4 Å². The third-order valence-electron chi connectivity index (χ3n) is 3.31. The van der Waals surface area contributed by atoms with Crippen molar-refractivity contribution >= 4 is 0 Å². The molecule has 1 aliphatic carbocycles. The van der Waals surface area contributed by atoms with Gasteiger partial charge in [-0.1, -0.05) is 6.92 Å². The van der Waals surface area contributed by atoms with Gasteiger partial charge >= 0.3 is 0 Å². The molecule has 90 valence electrons. The van der Waals surface area contributed by atoms with Gasteiger partial charge in [0.25, 0.3) is 0 Å². The lowest BCUT2D eigenvalue weighted by molar-refractivity contribution is 0.264. The Balaban J connectivity index is 1.90. The van der Waals surface area contributed by atoms with Crippen molar-refractivity contribution in [3.05, 3.63) is 18.2 Å². The molecule has 16 heavy (non-hydrogen) atoms. The number of nitrogens with two attached hydrogens (primary N) is 1. The Hall–Kier alpha value is -0.870. The first-order chi connectivity index (χ1) is 7.72. The lowest BCUT2D eigenvalue weighted by Gasteiger charge is -2.21. The highest BCUT2D eigenvalue weighted by Gasteiger charge is 2.27. The lowest BCUT2D eigenvalue weighted by atomic mass is 10.3. The van der Waals surface area contributed by atoms with Gasteiger partial charge in [0.2, 0.25) is 0 Å². The summed E-state index contributed by atoms with van der Waals surface area (Å²) in [5.74, 6) is 0. The fourth-order valence-electron chi connectivity index (χ4n) is 2.17. The average Bonchev–Trinajstić information content (AvgIpc) is 2.97. The molecule has 0 spiro atoms. The highest BCUT2D eigenvalue weighted by molar-refractivity contribution is 5.03. The largest absolute Gasteiger partial charge is 0.332 e. The second kappa shape index (κ2) is 4.97. The van der Waals surface area contributed by atoms with Gasteiger partial charge in [-0.3, -0.25) is 4.90 Å². The van der Waals surface area contributed by atoms with Crippen LogP contribution in [0.3, 0.4) is 0 Å². The summed E-state index contributed by atoms with van der Waals surface area (Å²) >= 11 is 0. The van der Waals surface area contributed by atoms with Crippen LogP contribution in [0.25, 0.3) is 0 Å². The van der Waals surface area contributed by atoms with Crippen LogP contribution in [0.4, 0.5) is 0 Å². The third kappa shape index (κ3) is 2.62. The molecule has 2 rings (SSSR count). The number of nitrogens with zero attached hydrogens (tertiary/aromatic N) is 3. The average molecular weight is 222 g/mol. The third-order valence-corrected chi connectivity index (χ3v) is 3.31. The molecule has 0 aromatic carbocycles. The number of hydrogen-bond donors (Lipinski definition) is 1. The minimum Gasteiger partial charge on any atom is -0.332 e. The van der Waals surface area contributed by atoms with Crippen molar-refractivity contribution in [3.63, 3.8) is 0 Å². The van der Waals surface area contributed by atoms with Crippen LogP contribution in [0, 0.1) is 0 Å². The summed E-state index contributed by atoms with van der Waals surface area (Å²) in [6.45, 7) is 7.50. The second-order valence-electron chi connectivity index (χ2n) is 4.66. The van der Waals surface area contributed by atoms with Crippen LogP contribution >= 0.6 is 0 Å². The normalized spacial score (nSPS) is 18.0. The molecule has 1 aromatic heterocycles. The Morgan fingerprint density at radius 1 is 1.62 bits per heavy atom. The van der Waals surface area contributed by atoms with E-state index in [1.165, 1.54) is 12.8 Å². The zero-order valence-corrected chi connectivity index (χ0v) is 10.3. The number of aromatic nitrogens is 2. The fraction of sp³-hybridized carbons (Fsp3) is 0.750. The van der Waals surface area contributed by atoms with E-state index in [1.807, 2.05) is 19.4 Å². The highest BCUT2D eigenvalue weighted by atomic mass is 15.2. The maximum absolute atomic E-state index is 5.90. The molecule has 1 saturated carbocycles. The Morgan fingerprint density at radius 2 is 2.38 bits per heavy atom. The first kappa shape index (κ1) is 11.6. The zero-order chi connectivity index (χ0) is 11.5. The minimum absolute atomic E-state index is 0.0681. The van der Waals surface area contributed by atoms with Crippen molar-refractivity contribution in [2.24, 2.45) is 5.73 Å². The summed E-state index contributed by atoms with van der Waals surface area (Å²) in [5.41, 5.74) is 7.03. The fourth-order valence-corrected chi connectivity index (χ4v) is 2.17. The SMILES string of the molecule is CCN(CCn1cncc1C(C)N)C1CC1. The van der Waals surface area contributed by atoms with E-state index in [2.05, 4.69) is 21.4 Å². The first-order valence-electron chi connectivity index (χ1n) is 6.22. The van der Waals surface area contributed by atoms with E-state index in [4.69, 9.17) is 5.73 Å². The van der Waals surface area contributed by atoms with E-state index >= 15 is 0 Å². The molecular formula is C12H22N4. The molecule has 1 heterocycles. The first-order valence-corrected chi connectivity index (χ1v) is 6.22. The van der Waals surface area contributed by atoms with Crippen LogP contribution in [-0.4, -0.2) is 33.6 Å². The maximum atomic E-state index is 5.90. The summed E-state index contributed by atoms with van der Waals surface area (Å²) in [7, 11) is 0. The molecule has 0 aliphatic heterocycles. The molecule has 0 radical (unpaired) electrons. The number of likely N-dealkylation sites (N-methyl/N-ethyl adjacent to an activating group) is 1. The van der Waals surface area contributed by atoms with E-state index in [1.54, 1.807) is 0 Å². The van der Waals surface area contributed by atoms with Gasteiger partial charge in [-0.05, 0) is 26.3 Å². The molecule has 4 nitrogen and oxygen atoms in total. The standard InChI is InChI=1S/C12H22N4/c1-3-15(11-4-5-11)6-7-16-9-14-8-12(16)10(2)13/h8-11H,3-7,13H2,1-2H3. The van der Waals surface area contributed by atoms with Crippen LogP contribution in [0.5, 0.6) is 0 Å². The van der Waals surface area contributed by atoms with E-state index in [0.29, 0.717) is 0 Å². The molecule has 1 fully saturated rings. The number of imidazole rings is 1. The molecule has 2 N–H and O–H groups in total. The molecule has 4 heteroatoms. The van der Waals surface area contributed by atoms with Gasteiger partial charge in [0.05, 0.1) is 12.0 Å². The molecule has 1 atom stereocenters. The van der Waals surface area contributed by atoms with E-state index in [0.717, 1.165) is 31.4 Å². The maximum Gasteiger partial charge on any atom is 0.0949 e. The Kier molecular flexibility index (Phi) is 3.61. The van der Waals surface area contributed by atoms with Crippen LogP contribution < -0.4 is 5.73 Å². The van der Waals surface area contributed by atoms with Gasteiger partial charge in [0.15, 0.2) is 0 Å². The van der Waals surface area contributed by atoms with Crippen molar-refractivity contribution in [2.45, 2.75) is 45.3 Å². The molecule has 0 amide bonds. The smallest absolute Gasteiger partial charge is 0.0949 e. The van der Waals surface area contributed by atoms with Crippen LogP contribution in [0.1, 0.15) is 38.4 Å². The quantitative estimate of drug-likeness (QED) is 0.791. The molecule has 1 aliphatic rings. The summed E-state index contributed by atoms with van der Waals surface area (Å²) in [5, 5.41) is 0. The van der Waals surface area contributed by atoms with E-state index in [9.17, 15) is 0 Å². The van der Waals surface area contributed by atoms with Crippen molar-refractivity contribution < 1.29 is 0 Å². The van der Waals surface area contributed by atoms with Gasteiger partial charge in [0.1, 0.15) is 0 Å². The van der Waals surface area contributed by atoms with Crippen LogP contribution in [0.2, 0.25) is 0 Å². The van der Waals surface area contributed by atoms with Gasteiger partial charge in [-0.25, -0.2) is 4.98 Å². The lowest BCUT2D eigenvalue weighted by Crippen LogP contribution is -2.30. The Labute approximate surface area is 97.4 Å². The predicted molar refractivity (Wildman–Crippen MR) is 65.1 cm³/mol. The highest BCUT2D eigenvalue weighted by Crippen LogP contribution is 2.26. The Morgan fingerprint density at radius 3 is 2.94 bits per heavy atom. The summed E-state index contributed by atoms with van der Waals surface area (Å²) in [6.07, 6.45) is 6.51. The molecular weight excluding hydrogens is 200 g/mol. The van der Waals surface area contributed by atoms with Crippen molar-refractivity contribution in [3.8, 4) is 0 Å². The topological polar surface area (TPSA) is 47.1 Å². The predicted octanol–water partition coefficient (Wildman–Crippen LogP) is 1.39. The molecule has 1 aromatic rings. The molecule has 0 bridgehead atoms.